The first kappa shape index (κ1) is 10.2. The van der Waals surface area contributed by atoms with Gasteiger partial charge in [0.25, 0.3) is 0 Å². The van der Waals surface area contributed by atoms with Gasteiger partial charge in [0.1, 0.15) is 5.82 Å². The van der Waals surface area contributed by atoms with Gasteiger partial charge in [-0.3, -0.25) is 0 Å². The fourth-order valence-electron chi connectivity index (χ4n) is 2.68. The molecule has 1 fully saturated rings. The van der Waals surface area contributed by atoms with Crippen LogP contribution in [0.4, 0.5) is 0 Å². The molecule has 2 atom stereocenters. The summed E-state index contributed by atoms with van der Waals surface area (Å²) in [6.07, 6.45) is 3.27. The molecule has 1 aromatic rings. The van der Waals surface area contributed by atoms with E-state index in [4.69, 9.17) is 0 Å². The molecule has 0 aromatic carbocycles. The fraction of sp³-hybridized carbons (Fsp3) is 0.818. The van der Waals surface area contributed by atoms with Crippen LogP contribution in [0, 0.1) is 0 Å². The number of hydrogen-bond donors (Lipinski definition) is 2. The zero-order valence-electron chi connectivity index (χ0n) is 9.39. The van der Waals surface area contributed by atoms with Crippen molar-refractivity contribution in [2.24, 2.45) is 0 Å². The summed E-state index contributed by atoms with van der Waals surface area (Å²) in [5.74, 6) is 2.64. The van der Waals surface area contributed by atoms with Gasteiger partial charge in [-0.15, -0.1) is 0 Å². The second kappa shape index (κ2) is 4.14. The van der Waals surface area contributed by atoms with Crippen LogP contribution in [-0.2, 0) is 6.54 Å². The number of aliphatic hydroxyl groups is 1. The Morgan fingerprint density at radius 3 is 3.12 bits per heavy atom. The minimum Gasteiger partial charge on any atom is -0.396 e. The molecular weight excluding hydrogens is 204 g/mol. The van der Waals surface area contributed by atoms with Crippen LogP contribution in [0.5, 0.6) is 0 Å². The lowest BCUT2D eigenvalue weighted by molar-refractivity contribution is 0.234. The van der Waals surface area contributed by atoms with Crippen molar-refractivity contribution in [3.8, 4) is 0 Å². The highest BCUT2D eigenvalue weighted by molar-refractivity contribution is 5.07. The Morgan fingerprint density at radius 2 is 2.38 bits per heavy atom. The lowest BCUT2D eigenvalue weighted by Gasteiger charge is -2.19. The molecule has 0 bridgehead atoms. The van der Waals surface area contributed by atoms with Gasteiger partial charge >= 0.3 is 0 Å². The first-order valence-electron chi connectivity index (χ1n) is 6.14. The number of fused-ring (bicyclic) bond motifs is 1. The SMILES string of the molecule is OCC1CCCn2nc(C3CCNC3)nc21. The average molecular weight is 222 g/mol. The van der Waals surface area contributed by atoms with E-state index in [-0.39, 0.29) is 12.5 Å². The van der Waals surface area contributed by atoms with Crippen LogP contribution in [0.2, 0.25) is 0 Å². The van der Waals surface area contributed by atoms with Crippen molar-refractivity contribution >= 4 is 0 Å². The number of nitrogens with zero attached hydrogens (tertiary/aromatic N) is 3. The second-order valence-electron chi connectivity index (χ2n) is 4.76. The van der Waals surface area contributed by atoms with Gasteiger partial charge in [-0.1, -0.05) is 0 Å². The molecule has 5 heteroatoms. The van der Waals surface area contributed by atoms with Gasteiger partial charge in [0.05, 0.1) is 6.61 Å². The van der Waals surface area contributed by atoms with E-state index in [2.05, 4.69) is 15.4 Å². The lowest BCUT2D eigenvalue weighted by Crippen LogP contribution is -2.19. The van der Waals surface area contributed by atoms with Gasteiger partial charge in [0.15, 0.2) is 5.82 Å². The summed E-state index contributed by atoms with van der Waals surface area (Å²) in [5.41, 5.74) is 0. The van der Waals surface area contributed by atoms with Crippen LogP contribution >= 0.6 is 0 Å². The standard InChI is InChI=1S/C11H18N4O/c16-7-9-2-1-5-15-11(9)13-10(14-15)8-3-4-12-6-8/h8-9,12,16H,1-7H2. The van der Waals surface area contributed by atoms with E-state index in [0.717, 1.165) is 50.5 Å². The minimum atomic E-state index is 0.195. The predicted molar refractivity (Wildman–Crippen MR) is 59.3 cm³/mol. The maximum atomic E-state index is 9.32. The molecule has 3 rings (SSSR count). The van der Waals surface area contributed by atoms with Crippen LogP contribution in [0.15, 0.2) is 0 Å². The number of rotatable bonds is 2. The Balaban J connectivity index is 1.89. The number of aryl methyl sites for hydroxylation is 1. The van der Waals surface area contributed by atoms with Gasteiger partial charge in [-0.05, 0) is 25.8 Å². The summed E-state index contributed by atoms with van der Waals surface area (Å²) in [4.78, 5) is 4.64. The van der Waals surface area contributed by atoms with Crippen LogP contribution in [0.25, 0.3) is 0 Å². The molecule has 16 heavy (non-hydrogen) atoms. The molecule has 3 heterocycles. The van der Waals surface area contributed by atoms with Crippen molar-refractivity contribution in [2.75, 3.05) is 19.7 Å². The third-order valence-corrected chi connectivity index (χ3v) is 3.65. The zero-order chi connectivity index (χ0) is 11.0. The van der Waals surface area contributed by atoms with E-state index in [0.29, 0.717) is 5.92 Å². The van der Waals surface area contributed by atoms with Crippen molar-refractivity contribution in [3.63, 3.8) is 0 Å². The molecule has 2 unspecified atom stereocenters. The van der Waals surface area contributed by atoms with E-state index in [9.17, 15) is 5.11 Å². The van der Waals surface area contributed by atoms with E-state index in [1.807, 2.05) is 4.68 Å². The predicted octanol–water partition coefficient (Wildman–Crippen LogP) is 0.225. The molecule has 1 saturated heterocycles. The van der Waals surface area contributed by atoms with Crippen LogP contribution in [0.1, 0.15) is 42.7 Å². The first-order valence-corrected chi connectivity index (χ1v) is 6.14. The van der Waals surface area contributed by atoms with Crippen LogP contribution < -0.4 is 5.32 Å². The number of nitrogens with one attached hydrogen (secondary N) is 1. The summed E-state index contributed by atoms with van der Waals surface area (Å²) in [6, 6.07) is 0. The number of aromatic nitrogens is 3. The van der Waals surface area contributed by atoms with E-state index in [1.165, 1.54) is 0 Å². The van der Waals surface area contributed by atoms with Crippen LogP contribution in [-0.4, -0.2) is 39.6 Å². The highest BCUT2D eigenvalue weighted by atomic mass is 16.3. The Bertz CT molecular complexity index is 370. The maximum Gasteiger partial charge on any atom is 0.155 e. The molecule has 0 spiro atoms. The Kier molecular flexibility index (Phi) is 2.65. The molecule has 2 N–H and O–H groups in total. The van der Waals surface area contributed by atoms with E-state index in [1.54, 1.807) is 0 Å². The minimum absolute atomic E-state index is 0.195. The molecule has 0 aliphatic carbocycles. The largest absolute Gasteiger partial charge is 0.396 e. The summed E-state index contributed by atoms with van der Waals surface area (Å²) in [5, 5.41) is 17.2. The molecule has 2 aliphatic heterocycles. The molecule has 0 saturated carbocycles. The topological polar surface area (TPSA) is 63.0 Å². The Morgan fingerprint density at radius 1 is 1.44 bits per heavy atom. The monoisotopic (exact) mass is 222 g/mol. The third-order valence-electron chi connectivity index (χ3n) is 3.65. The molecule has 88 valence electrons. The summed E-state index contributed by atoms with van der Waals surface area (Å²) < 4.78 is 2.00. The van der Waals surface area contributed by atoms with E-state index >= 15 is 0 Å². The van der Waals surface area contributed by atoms with Crippen molar-refractivity contribution in [1.82, 2.24) is 20.1 Å². The van der Waals surface area contributed by atoms with Gasteiger partial charge in [0.2, 0.25) is 0 Å². The van der Waals surface area contributed by atoms with Gasteiger partial charge in [0, 0.05) is 24.9 Å². The first-order chi connectivity index (χ1) is 7.88. The molecule has 0 amide bonds. The van der Waals surface area contributed by atoms with E-state index < -0.39 is 0 Å². The highest BCUT2D eigenvalue weighted by Crippen LogP contribution is 2.27. The van der Waals surface area contributed by atoms with Crippen LogP contribution in [0.3, 0.4) is 0 Å². The van der Waals surface area contributed by atoms with Crippen molar-refractivity contribution in [2.45, 2.75) is 37.6 Å². The van der Waals surface area contributed by atoms with Crippen molar-refractivity contribution in [3.05, 3.63) is 11.6 Å². The molecular formula is C11H18N4O. The molecule has 2 aliphatic rings. The maximum absolute atomic E-state index is 9.32. The summed E-state index contributed by atoms with van der Waals surface area (Å²) in [6.45, 7) is 3.21. The molecule has 1 aromatic heterocycles. The zero-order valence-corrected chi connectivity index (χ0v) is 9.39. The molecule has 5 nitrogen and oxygen atoms in total. The highest BCUT2D eigenvalue weighted by Gasteiger charge is 2.27. The number of hydrogen-bond acceptors (Lipinski definition) is 4. The van der Waals surface area contributed by atoms with Gasteiger partial charge in [-0.25, -0.2) is 9.67 Å². The van der Waals surface area contributed by atoms with Gasteiger partial charge < -0.3 is 10.4 Å². The Labute approximate surface area is 94.9 Å². The van der Waals surface area contributed by atoms with Crippen molar-refractivity contribution < 1.29 is 5.11 Å². The molecule has 0 radical (unpaired) electrons. The van der Waals surface area contributed by atoms with Crippen molar-refractivity contribution in [1.29, 1.82) is 0 Å². The summed E-state index contributed by atoms with van der Waals surface area (Å²) >= 11 is 0. The normalized spacial score (nSPS) is 29.3. The lowest BCUT2D eigenvalue weighted by atomic mass is 10.0. The third kappa shape index (κ3) is 1.64. The Hall–Kier alpha value is -0.940. The summed E-state index contributed by atoms with van der Waals surface area (Å²) in [7, 11) is 0. The average Bonchev–Trinajstić information content (AvgIpc) is 2.96. The smallest absolute Gasteiger partial charge is 0.155 e. The second-order valence-corrected chi connectivity index (χ2v) is 4.76. The number of aliphatic hydroxyl groups excluding tert-OH is 1. The fourth-order valence-corrected chi connectivity index (χ4v) is 2.68. The quantitative estimate of drug-likeness (QED) is 0.751. The van der Waals surface area contributed by atoms with Gasteiger partial charge in [-0.2, -0.15) is 5.10 Å².